The number of nitrogens with two attached hydrogens (primary N) is 1. The quantitative estimate of drug-likeness (QED) is 0.778. The molecule has 0 spiro atoms. The van der Waals surface area contributed by atoms with Gasteiger partial charge < -0.3 is 11.1 Å². The van der Waals surface area contributed by atoms with Crippen molar-refractivity contribution in [2.75, 3.05) is 13.1 Å². The van der Waals surface area contributed by atoms with E-state index in [9.17, 15) is 0 Å². The third-order valence-corrected chi connectivity index (χ3v) is 3.61. The first-order chi connectivity index (χ1) is 7.86. The molecule has 0 aliphatic heterocycles. The number of thiophene rings is 1. The van der Waals surface area contributed by atoms with Gasteiger partial charge in [0.1, 0.15) is 0 Å². The fourth-order valence-corrected chi connectivity index (χ4v) is 2.83. The van der Waals surface area contributed by atoms with Crippen molar-refractivity contribution in [3.63, 3.8) is 0 Å². The first-order valence-electron chi connectivity index (χ1n) is 5.37. The molecule has 0 saturated carbocycles. The first-order valence-corrected chi connectivity index (χ1v) is 6.25. The van der Waals surface area contributed by atoms with Crippen LogP contribution in [0.2, 0.25) is 0 Å². The Labute approximate surface area is 99.8 Å². The lowest BCUT2D eigenvalue weighted by molar-refractivity contribution is 0.582. The largest absolute Gasteiger partial charge is 0.329 e. The van der Waals surface area contributed by atoms with Crippen LogP contribution in [0.15, 0.2) is 42.3 Å². The van der Waals surface area contributed by atoms with E-state index in [1.54, 1.807) is 11.3 Å². The second-order valence-corrected chi connectivity index (χ2v) is 4.58. The molecule has 1 heterocycles. The van der Waals surface area contributed by atoms with Crippen LogP contribution in [0.25, 0.3) is 10.1 Å². The Balaban J connectivity index is 2.33. The van der Waals surface area contributed by atoms with E-state index < -0.39 is 0 Å². The molecule has 84 valence electrons. The van der Waals surface area contributed by atoms with Gasteiger partial charge in [0.25, 0.3) is 0 Å². The zero-order valence-corrected chi connectivity index (χ0v) is 9.96. The van der Waals surface area contributed by atoms with Crippen LogP contribution in [0.4, 0.5) is 0 Å². The summed E-state index contributed by atoms with van der Waals surface area (Å²) in [4.78, 5) is 0. The maximum atomic E-state index is 5.80. The van der Waals surface area contributed by atoms with Gasteiger partial charge in [-0.15, -0.1) is 17.9 Å². The average molecular weight is 232 g/mol. The maximum absolute atomic E-state index is 5.80. The zero-order chi connectivity index (χ0) is 11.4. The van der Waals surface area contributed by atoms with Crippen molar-refractivity contribution in [2.24, 2.45) is 5.73 Å². The van der Waals surface area contributed by atoms with Gasteiger partial charge in [0, 0.05) is 23.8 Å². The standard InChI is InChI=1S/C13H16N2S/c1-2-7-15-12(8-14)11-9-16-13-6-4-3-5-10(11)13/h2-6,9,12,15H,1,7-8,14H2. The van der Waals surface area contributed by atoms with E-state index in [-0.39, 0.29) is 6.04 Å². The van der Waals surface area contributed by atoms with Crippen LogP contribution in [-0.2, 0) is 0 Å². The number of hydrogen-bond acceptors (Lipinski definition) is 3. The van der Waals surface area contributed by atoms with Gasteiger partial charge in [-0.1, -0.05) is 24.3 Å². The predicted molar refractivity (Wildman–Crippen MR) is 71.8 cm³/mol. The Morgan fingerprint density at radius 1 is 1.44 bits per heavy atom. The average Bonchev–Trinajstić information content (AvgIpc) is 2.75. The summed E-state index contributed by atoms with van der Waals surface area (Å²) < 4.78 is 1.32. The van der Waals surface area contributed by atoms with Gasteiger partial charge in [0.15, 0.2) is 0 Å². The highest BCUT2D eigenvalue weighted by Crippen LogP contribution is 2.29. The Hall–Kier alpha value is -1.16. The van der Waals surface area contributed by atoms with Gasteiger partial charge in [-0.3, -0.25) is 0 Å². The lowest BCUT2D eigenvalue weighted by Gasteiger charge is -2.15. The molecule has 0 bridgehead atoms. The fraction of sp³-hybridized carbons (Fsp3) is 0.231. The van der Waals surface area contributed by atoms with E-state index in [1.165, 1.54) is 15.6 Å². The predicted octanol–water partition coefficient (Wildman–Crippen LogP) is 2.68. The van der Waals surface area contributed by atoms with E-state index in [2.05, 4.69) is 41.5 Å². The summed E-state index contributed by atoms with van der Waals surface area (Å²) in [5.41, 5.74) is 7.10. The summed E-state index contributed by atoms with van der Waals surface area (Å²) in [6.07, 6.45) is 1.86. The van der Waals surface area contributed by atoms with Gasteiger partial charge in [0.05, 0.1) is 0 Å². The fourth-order valence-electron chi connectivity index (χ4n) is 1.81. The zero-order valence-electron chi connectivity index (χ0n) is 9.15. The van der Waals surface area contributed by atoms with E-state index in [0.29, 0.717) is 6.54 Å². The molecule has 2 aromatic rings. The van der Waals surface area contributed by atoms with E-state index in [0.717, 1.165) is 6.54 Å². The minimum atomic E-state index is 0.217. The Morgan fingerprint density at radius 2 is 2.25 bits per heavy atom. The van der Waals surface area contributed by atoms with Crippen LogP contribution in [0.1, 0.15) is 11.6 Å². The SMILES string of the molecule is C=CCNC(CN)c1csc2ccccc12. The van der Waals surface area contributed by atoms with Crippen LogP contribution in [0.5, 0.6) is 0 Å². The molecule has 1 aromatic heterocycles. The van der Waals surface area contributed by atoms with E-state index in [4.69, 9.17) is 5.73 Å². The first kappa shape index (κ1) is 11.3. The van der Waals surface area contributed by atoms with Crippen molar-refractivity contribution < 1.29 is 0 Å². The molecule has 0 aliphatic carbocycles. The second-order valence-electron chi connectivity index (χ2n) is 3.67. The number of benzene rings is 1. The minimum absolute atomic E-state index is 0.217. The minimum Gasteiger partial charge on any atom is -0.329 e. The molecule has 1 atom stereocenters. The highest BCUT2D eigenvalue weighted by Gasteiger charge is 2.12. The molecule has 3 N–H and O–H groups in total. The molecule has 16 heavy (non-hydrogen) atoms. The molecule has 1 unspecified atom stereocenters. The van der Waals surface area contributed by atoms with Crippen LogP contribution in [0, 0.1) is 0 Å². The summed E-state index contributed by atoms with van der Waals surface area (Å²) in [6, 6.07) is 8.65. The monoisotopic (exact) mass is 232 g/mol. The van der Waals surface area contributed by atoms with Gasteiger partial charge in [-0.2, -0.15) is 0 Å². The summed E-state index contributed by atoms with van der Waals surface area (Å²) in [5, 5.41) is 6.88. The summed E-state index contributed by atoms with van der Waals surface area (Å²) in [6.45, 7) is 5.10. The summed E-state index contributed by atoms with van der Waals surface area (Å²) in [7, 11) is 0. The molecular weight excluding hydrogens is 216 g/mol. The lowest BCUT2D eigenvalue weighted by atomic mass is 10.1. The molecule has 0 radical (unpaired) electrons. The number of hydrogen-bond donors (Lipinski definition) is 2. The van der Waals surface area contributed by atoms with Crippen molar-refractivity contribution in [3.8, 4) is 0 Å². The van der Waals surface area contributed by atoms with Crippen molar-refractivity contribution in [1.82, 2.24) is 5.32 Å². The Morgan fingerprint density at radius 3 is 3.00 bits per heavy atom. The molecule has 0 amide bonds. The Kier molecular flexibility index (Phi) is 3.72. The lowest BCUT2D eigenvalue weighted by Crippen LogP contribution is -2.27. The van der Waals surface area contributed by atoms with Crippen LogP contribution >= 0.6 is 11.3 Å². The van der Waals surface area contributed by atoms with Gasteiger partial charge in [-0.05, 0) is 22.4 Å². The van der Waals surface area contributed by atoms with E-state index >= 15 is 0 Å². The van der Waals surface area contributed by atoms with E-state index in [1.807, 2.05) is 6.08 Å². The Bertz CT molecular complexity index is 475. The number of rotatable bonds is 5. The van der Waals surface area contributed by atoms with Gasteiger partial charge >= 0.3 is 0 Å². The molecule has 1 aromatic carbocycles. The van der Waals surface area contributed by atoms with Crippen LogP contribution in [-0.4, -0.2) is 13.1 Å². The maximum Gasteiger partial charge on any atom is 0.0461 e. The third kappa shape index (κ3) is 2.16. The molecular formula is C13H16N2S. The molecule has 2 nitrogen and oxygen atoms in total. The summed E-state index contributed by atoms with van der Waals surface area (Å²) >= 11 is 1.77. The van der Waals surface area contributed by atoms with Crippen LogP contribution < -0.4 is 11.1 Å². The topological polar surface area (TPSA) is 38.0 Å². The normalized spacial score (nSPS) is 12.8. The van der Waals surface area contributed by atoms with Crippen molar-refractivity contribution in [3.05, 3.63) is 47.9 Å². The highest BCUT2D eigenvalue weighted by atomic mass is 32.1. The van der Waals surface area contributed by atoms with Crippen molar-refractivity contribution in [1.29, 1.82) is 0 Å². The van der Waals surface area contributed by atoms with Gasteiger partial charge in [0.2, 0.25) is 0 Å². The number of nitrogens with one attached hydrogen (secondary N) is 1. The van der Waals surface area contributed by atoms with Crippen molar-refractivity contribution >= 4 is 21.4 Å². The van der Waals surface area contributed by atoms with Crippen molar-refractivity contribution in [2.45, 2.75) is 6.04 Å². The molecule has 3 heteroatoms. The second kappa shape index (κ2) is 5.25. The van der Waals surface area contributed by atoms with Gasteiger partial charge in [-0.25, -0.2) is 0 Å². The number of fused-ring (bicyclic) bond motifs is 1. The van der Waals surface area contributed by atoms with Crippen LogP contribution in [0.3, 0.4) is 0 Å². The molecule has 0 saturated heterocycles. The third-order valence-electron chi connectivity index (χ3n) is 2.63. The summed E-state index contributed by atoms with van der Waals surface area (Å²) in [5.74, 6) is 0. The smallest absolute Gasteiger partial charge is 0.0461 e. The molecule has 0 aliphatic rings. The highest BCUT2D eigenvalue weighted by molar-refractivity contribution is 7.17. The molecule has 2 rings (SSSR count). The molecule has 0 fully saturated rings.